The van der Waals surface area contributed by atoms with Gasteiger partial charge < -0.3 is 14.2 Å². The molecule has 3 rings (SSSR count). The average molecular weight is 391 g/mol. The van der Waals surface area contributed by atoms with Crippen molar-refractivity contribution in [1.82, 2.24) is 9.47 Å². The van der Waals surface area contributed by atoms with E-state index in [4.69, 9.17) is 4.74 Å². The van der Waals surface area contributed by atoms with Crippen LogP contribution in [0.3, 0.4) is 0 Å². The smallest absolute Gasteiger partial charge is 0.254 e. The van der Waals surface area contributed by atoms with E-state index in [0.29, 0.717) is 24.4 Å². The molecule has 2 aromatic rings. The van der Waals surface area contributed by atoms with Gasteiger partial charge in [-0.15, -0.1) is 0 Å². The van der Waals surface area contributed by atoms with Crippen molar-refractivity contribution >= 4 is 21.8 Å². The molecule has 1 aliphatic rings. The number of ether oxygens (including phenoxy) is 1. The molecule has 1 amide bonds. The topological polar surface area (TPSA) is 51.5 Å². The first-order valence-electron chi connectivity index (χ1n) is 7.83. The van der Waals surface area contributed by atoms with Crippen LogP contribution in [0.15, 0.2) is 45.7 Å². The highest BCUT2D eigenvalue weighted by atomic mass is 79.9. The van der Waals surface area contributed by atoms with Gasteiger partial charge in [0.2, 0.25) is 0 Å². The number of amides is 1. The quantitative estimate of drug-likeness (QED) is 0.809. The molecule has 1 atom stereocenters. The summed E-state index contributed by atoms with van der Waals surface area (Å²) in [5, 5.41) is 0. The SMILES string of the molecule is Cc1cc(OC2CCN(C(=O)c3ccc(Br)cc3)C2)cc(=O)n1C. The maximum Gasteiger partial charge on any atom is 0.254 e. The Morgan fingerprint density at radius 3 is 2.62 bits per heavy atom. The van der Waals surface area contributed by atoms with Crippen molar-refractivity contribution in [2.45, 2.75) is 19.4 Å². The van der Waals surface area contributed by atoms with Crippen LogP contribution >= 0.6 is 15.9 Å². The van der Waals surface area contributed by atoms with Crippen LogP contribution in [0.4, 0.5) is 0 Å². The van der Waals surface area contributed by atoms with Gasteiger partial charge in [0.05, 0.1) is 6.54 Å². The number of aromatic nitrogens is 1. The lowest BCUT2D eigenvalue weighted by Crippen LogP contribution is -2.31. The number of likely N-dealkylation sites (tertiary alicyclic amines) is 1. The summed E-state index contributed by atoms with van der Waals surface area (Å²) < 4.78 is 8.43. The highest BCUT2D eigenvalue weighted by molar-refractivity contribution is 9.10. The molecule has 0 aliphatic carbocycles. The molecular weight excluding hydrogens is 372 g/mol. The van der Waals surface area contributed by atoms with Crippen molar-refractivity contribution in [1.29, 1.82) is 0 Å². The molecule has 0 radical (unpaired) electrons. The zero-order valence-electron chi connectivity index (χ0n) is 13.7. The van der Waals surface area contributed by atoms with Crippen LogP contribution in [0.5, 0.6) is 5.75 Å². The van der Waals surface area contributed by atoms with Crippen molar-refractivity contribution in [3.05, 3.63) is 62.5 Å². The standard InChI is InChI=1S/C18H19BrN2O3/c1-12-9-16(10-17(22)20(12)2)24-15-7-8-21(11-15)18(23)13-3-5-14(19)6-4-13/h3-6,9-10,15H,7-8,11H2,1-2H3. The molecule has 0 bridgehead atoms. The lowest BCUT2D eigenvalue weighted by Gasteiger charge is -2.18. The molecule has 126 valence electrons. The van der Waals surface area contributed by atoms with Gasteiger partial charge >= 0.3 is 0 Å². The van der Waals surface area contributed by atoms with Gasteiger partial charge in [-0.3, -0.25) is 9.59 Å². The second-order valence-electron chi connectivity index (χ2n) is 6.02. The average Bonchev–Trinajstić information content (AvgIpc) is 3.01. The molecule has 1 aliphatic heterocycles. The molecule has 1 fully saturated rings. The van der Waals surface area contributed by atoms with Gasteiger partial charge in [-0.25, -0.2) is 0 Å². The summed E-state index contributed by atoms with van der Waals surface area (Å²) in [5.74, 6) is 0.576. The third-order valence-electron chi connectivity index (χ3n) is 4.30. The fraction of sp³-hybridized carbons (Fsp3) is 0.333. The second-order valence-corrected chi connectivity index (χ2v) is 6.93. The monoisotopic (exact) mass is 390 g/mol. The predicted molar refractivity (Wildman–Crippen MR) is 95.5 cm³/mol. The molecule has 24 heavy (non-hydrogen) atoms. The van der Waals surface area contributed by atoms with Gasteiger partial charge in [0.15, 0.2) is 0 Å². The number of hydrogen-bond acceptors (Lipinski definition) is 3. The molecular formula is C18H19BrN2O3. The fourth-order valence-corrected chi connectivity index (χ4v) is 3.05. The number of aryl methyl sites for hydroxylation is 1. The number of pyridine rings is 1. The summed E-state index contributed by atoms with van der Waals surface area (Å²) >= 11 is 3.37. The number of benzene rings is 1. The Morgan fingerprint density at radius 1 is 1.25 bits per heavy atom. The van der Waals surface area contributed by atoms with Crippen LogP contribution in [0, 0.1) is 6.92 Å². The lowest BCUT2D eigenvalue weighted by molar-refractivity contribution is 0.0772. The summed E-state index contributed by atoms with van der Waals surface area (Å²) in [6.07, 6.45) is 0.673. The molecule has 1 aromatic heterocycles. The Balaban J connectivity index is 1.66. The maximum absolute atomic E-state index is 12.5. The lowest BCUT2D eigenvalue weighted by atomic mass is 10.2. The van der Waals surface area contributed by atoms with Crippen molar-refractivity contribution in [2.75, 3.05) is 13.1 Å². The Hall–Kier alpha value is -2.08. The summed E-state index contributed by atoms with van der Waals surface area (Å²) in [4.78, 5) is 26.1. The van der Waals surface area contributed by atoms with Gasteiger partial charge in [0.1, 0.15) is 11.9 Å². The zero-order valence-corrected chi connectivity index (χ0v) is 15.2. The number of nitrogens with zero attached hydrogens (tertiary/aromatic N) is 2. The number of halogens is 1. The summed E-state index contributed by atoms with van der Waals surface area (Å²) in [6.45, 7) is 3.05. The molecule has 0 N–H and O–H groups in total. The third-order valence-corrected chi connectivity index (χ3v) is 4.83. The highest BCUT2D eigenvalue weighted by Crippen LogP contribution is 2.20. The molecule has 2 heterocycles. The fourth-order valence-electron chi connectivity index (χ4n) is 2.78. The molecule has 0 spiro atoms. The maximum atomic E-state index is 12.5. The van der Waals surface area contributed by atoms with E-state index in [1.54, 1.807) is 16.5 Å². The molecule has 0 saturated carbocycles. The third kappa shape index (κ3) is 3.53. The second kappa shape index (κ2) is 6.81. The minimum atomic E-state index is -0.0919. The number of carbonyl (C=O) groups is 1. The molecule has 5 nitrogen and oxygen atoms in total. The Bertz CT molecular complexity index is 814. The Morgan fingerprint density at radius 2 is 1.96 bits per heavy atom. The van der Waals surface area contributed by atoms with Crippen molar-refractivity contribution in [3.63, 3.8) is 0 Å². The van der Waals surface area contributed by atoms with Crippen LogP contribution in [-0.4, -0.2) is 34.6 Å². The summed E-state index contributed by atoms with van der Waals surface area (Å²) in [5.41, 5.74) is 1.42. The largest absolute Gasteiger partial charge is 0.488 e. The van der Waals surface area contributed by atoms with E-state index in [1.165, 1.54) is 6.07 Å². The van der Waals surface area contributed by atoms with Crippen LogP contribution in [0.25, 0.3) is 0 Å². The van der Waals surface area contributed by atoms with E-state index in [9.17, 15) is 9.59 Å². The predicted octanol–water partition coefficient (Wildman–Crippen LogP) is 2.75. The van der Waals surface area contributed by atoms with Crippen LogP contribution in [0.2, 0.25) is 0 Å². The van der Waals surface area contributed by atoms with E-state index in [1.807, 2.05) is 37.3 Å². The Labute approximate surface area is 149 Å². The van der Waals surface area contributed by atoms with Crippen molar-refractivity contribution in [3.8, 4) is 5.75 Å². The van der Waals surface area contributed by atoms with E-state index in [0.717, 1.165) is 16.6 Å². The first kappa shape index (κ1) is 16.8. The Kier molecular flexibility index (Phi) is 4.76. The molecule has 1 aromatic carbocycles. The molecule has 1 saturated heterocycles. The van der Waals surface area contributed by atoms with Gasteiger partial charge in [-0.1, -0.05) is 15.9 Å². The molecule has 1 unspecified atom stereocenters. The van der Waals surface area contributed by atoms with Crippen molar-refractivity contribution in [2.24, 2.45) is 7.05 Å². The van der Waals surface area contributed by atoms with Crippen LogP contribution in [-0.2, 0) is 7.05 Å². The molecule has 6 heteroatoms. The first-order valence-corrected chi connectivity index (χ1v) is 8.62. The van der Waals surface area contributed by atoms with E-state index in [2.05, 4.69) is 15.9 Å². The van der Waals surface area contributed by atoms with Crippen molar-refractivity contribution < 1.29 is 9.53 Å². The van der Waals surface area contributed by atoms with E-state index < -0.39 is 0 Å². The zero-order chi connectivity index (χ0) is 17.3. The number of rotatable bonds is 3. The number of hydrogen-bond donors (Lipinski definition) is 0. The van der Waals surface area contributed by atoms with E-state index >= 15 is 0 Å². The van der Waals surface area contributed by atoms with Crippen LogP contribution in [0.1, 0.15) is 22.5 Å². The summed E-state index contributed by atoms with van der Waals surface area (Å²) in [7, 11) is 1.73. The first-order chi connectivity index (χ1) is 11.4. The normalized spacial score (nSPS) is 17.1. The highest BCUT2D eigenvalue weighted by Gasteiger charge is 2.28. The minimum Gasteiger partial charge on any atom is -0.488 e. The van der Waals surface area contributed by atoms with Gasteiger partial charge in [-0.05, 0) is 37.3 Å². The number of carbonyl (C=O) groups excluding carboxylic acids is 1. The van der Waals surface area contributed by atoms with E-state index in [-0.39, 0.29) is 17.6 Å². The van der Waals surface area contributed by atoms with Crippen LogP contribution < -0.4 is 10.3 Å². The minimum absolute atomic E-state index is 0.00811. The van der Waals surface area contributed by atoms with Gasteiger partial charge in [0, 0.05) is 41.8 Å². The van der Waals surface area contributed by atoms with Gasteiger partial charge in [-0.2, -0.15) is 0 Å². The van der Waals surface area contributed by atoms with Gasteiger partial charge in [0.25, 0.3) is 11.5 Å². The summed E-state index contributed by atoms with van der Waals surface area (Å²) in [6, 6.07) is 10.7.